The zero-order valence-corrected chi connectivity index (χ0v) is 20.7. The number of phenolic OH excluding ortho intramolecular Hbond substituents is 1. The summed E-state index contributed by atoms with van der Waals surface area (Å²) in [4.78, 5) is 11.3. The van der Waals surface area contributed by atoms with Gasteiger partial charge in [-0.15, -0.1) is 0 Å². The van der Waals surface area contributed by atoms with E-state index in [4.69, 9.17) is 0 Å². The molecule has 1 aliphatic carbocycles. The molecule has 0 radical (unpaired) electrons. The van der Waals surface area contributed by atoms with Crippen LogP contribution >= 0.6 is 0 Å². The van der Waals surface area contributed by atoms with Gasteiger partial charge in [0.2, 0.25) is 0 Å². The lowest BCUT2D eigenvalue weighted by molar-refractivity contribution is 0.175. The molecule has 2 aromatic rings. The normalized spacial score (nSPS) is 18.8. The number of halogens is 1. The molecule has 0 saturated carbocycles. The molecule has 1 fully saturated rings. The number of hydrogen-bond acceptors (Lipinski definition) is 4. The Bertz CT molecular complexity index is 1120. The van der Waals surface area contributed by atoms with Crippen LogP contribution < -0.4 is 0 Å². The highest BCUT2D eigenvalue weighted by molar-refractivity contribution is 6.01. The van der Waals surface area contributed by atoms with Gasteiger partial charge in [0.25, 0.3) is 0 Å². The number of likely N-dealkylation sites (tertiary alicyclic amines) is 1. The molecule has 1 atom stereocenters. The molecule has 1 aromatic carbocycles. The van der Waals surface area contributed by atoms with Crippen LogP contribution in [0.3, 0.4) is 0 Å². The molecule has 34 heavy (non-hydrogen) atoms. The molecule has 180 valence electrons. The summed E-state index contributed by atoms with van der Waals surface area (Å²) < 4.78 is 14.6. The Kier molecular flexibility index (Phi) is 9.34. The summed E-state index contributed by atoms with van der Waals surface area (Å²) in [5, 5.41) is 12.0. The number of aromatic hydroxyl groups is 1. The van der Waals surface area contributed by atoms with Crippen molar-refractivity contribution in [1.82, 2.24) is 9.88 Å². The van der Waals surface area contributed by atoms with E-state index in [1.807, 2.05) is 75.4 Å². The fourth-order valence-corrected chi connectivity index (χ4v) is 4.79. The van der Waals surface area contributed by atoms with Crippen LogP contribution in [0.4, 0.5) is 4.39 Å². The summed E-state index contributed by atoms with van der Waals surface area (Å²) in [5.41, 5.74) is 3.10. The SMILES string of the molecule is C/C=C\C(=NC)C(c1ccc2cccnc2c1O)N1CCC(C2=C(F)C=CCC=C2)CC1.CC. The first-order valence-corrected chi connectivity index (χ1v) is 12.3. The maximum Gasteiger partial charge on any atom is 0.146 e. The predicted octanol–water partition coefficient (Wildman–Crippen LogP) is 7.11. The minimum atomic E-state index is -0.188. The highest BCUT2D eigenvalue weighted by atomic mass is 19.1. The highest BCUT2D eigenvalue weighted by Crippen LogP contribution is 2.38. The lowest BCUT2D eigenvalue weighted by atomic mass is 9.86. The van der Waals surface area contributed by atoms with Crippen LogP contribution in [-0.2, 0) is 0 Å². The van der Waals surface area contributed by atoms with Crippen molar-refractivity contribution in [3.8, 4) is 5.75 Å². The molecule has 1 unspecified atom stereocenters. The lowest BCUT2D eigenvalue weighted by Crippen LogP contribution is -2.40. The van der Waals surface area contributed by atoms with Gasteiger partial charge < -0.3 is 5.11 Å². The Morgan fingerprint density at radius 1 is 1.18 bits per heavy atom. The Hall–Kier alpha value is -3.05. The van der Waals surface area contributed by atoms with Crippen molar-refractivity contribution in [2.45, 2.75) is 46.1 Å². The minimum absolute atomic E-state index is 0.114. The van der Waals surface area contributed by atoms with Crippen molar-refractivity contribution in [3.63, 3.8) is 0 Å². The zero-order chi connectivity index (χ0) is 24.5. The average molecular weight is 462 g/mol. The minimum Gasteiger partial charge on any atom is -0.505 e. The number of piperidine rings is 1. The largest absolute Gasteiger partial charge is 0.505 e. The topological polar surface area (TPSA) is 48.7 Å². The predicted molar refractivity (Wildman–Crippen MR) is 141 cm³/mol. The number of nitrogens with zero attached hydrogens (tertiary/aromatic N) is 3. The van der Waals surface area contributed by atoms with E-state index in [1.165, 1.54) is 0 Å². The Balaban J connectivity index is 0.00000158. The van der Waals surface area contributed by atoms with Crippen LogP contribution in [0.1, 0.15) is 51.6 Å². The first kappa shape index (κ1) is 25.6. The molecule has 0 bridgehead atoms. The van der Waals surface area contributed by atoms with Gasteiger partial charge in [0.05, 0.1) is 11.8 Å². The van der Waals surface area contributed by atoms with Gasteiger partial charge in [-0.2, -0.15) is 0 Å². The van der Waals surface area contributed by atoms with Crippen molar-refractivity contribution < 1.29 is 9.50 Å². The van der Waals surface area contributed by atoms with Crippen LogP contribution in [0.2, 0.25) is 0 Å². The van der Waals surface area contributed by atoms with Crippen molar-refractivity contribution in [2.75, 3.05) is 20.1 Å². The molecule has 2 heterocycles. The third kappa shape index (κ3) is 5.53. The number of pyridine rings is 1. The van der Waals surface area contributed by atoms with Gasteiger partial charge in [0.1, 0.15) is 17.1 Å². The molecular formula is C29H36FN3O. The number of fused-ring (bicyclic) bond motifs is 1. The maximum absolute atomic E-state index is 14.6. The Labute approximate surface area is 202 Å². The first-order chi connectivity index (χ1) is 16.6. The van der Waals surface area contributed by atoms with E-state index in [1.54, 1.807) is 19.3 Å². The average Bonchev–Trinajstić information content (AvgIpc) is 3.11. The van der Waals surface area contributed by atoms with Crippen molar-refractivity contribution in [2.24, 2.45) is 10.9 Å². The van der Waals surface area contributed by atoms with E-state index in [2.05, 4.69) is 14.9 Å². The van der Waals surface area contributed by atoms with E-state index in [-0.39, 0.29) is 23.5 Å². The van der Waals surface area contributed by atoms with Gasteiger partial charge >= 0.3 is 0 Å². The van der Waals surface area contributed by atoms with E-state index < -0.39 is 0 Å². The lowest BCUT2D eigenvalue weighted by Gasteiger charge is -2.38. The summed E-state index contributed by atoms with van der Waals surface area (Å²) in [6, 6.07) is 7.61. The molecule has 0 amide bonds. The third-order valence-electron chi connectivity index (χ3n) is 6.39. The third-order valence-corrected chi connectivity index (χ3v) is 6.39. The van der Waals surface area contributed by atoms with Gasteiger partial charge in [-0.3, -0.25) is 14.9 Å². The summed E-state index contributed by atoms with van der Waals surface area (Å²) in [7, 11) is 1.79. The standard InChI is InChI=1S/C27H30FN3O.C2H6/c1-3-8-24(29-2)26(22-13-12-20-9-7-16-30-25(20)27(22)32)31-17-14-19(15-18-31)21-10-5-4-6-11-23(21)28;1-2/h3,5-13,16,19,26,32H,4,14-15,17-18H2,1-2H3;1-2H3/b8-3-,29-24?;. The van der Waals surface area contributed by atoms with Crippen molar-refractivity contribution in [3.05, 3.63) is 83.9 Å². The number of rotatable bonds is 5. The molecular weight excluding hydrogens is 425 g/mol. The summed E-state index contributed by atoms with van der Waals surface area (Å²) >= 11 is 0. The number of benzene rings is 1. The summed E-state index contributed by atoms with van der Waals surface area (Å²) in [6.45, 7) is 7.55. The monoisotopic (exact) mass is 461 g/mol. The number of hydrogen-bond donors (Lipinski definition) is 1. The van der Waals surface area contributed by atoms with E-state index in [9.17, 15) is 9.50 Å². The molecule has 4 nitrogen and oxygen atoms in total. The van der Waals surface area contributed by atoms with Gasteiger partial charge in [0, 0.05) is 24.2 Å². The quantitative estimate of drug-likeness (QED) is 0.483. The summed E-state index contributed by atoms with van der Waals surface area (Å²) in [5.74, 6) is 0.282. The second kappa shape index (κ2) is 12.4. The molecule has 1 aromatic heterocycles. The smallest absolute Gasteiger partial charge is 0.146 e. The molecule has 0 spiro atoms. The zero-order valence-electron chi connectivity index (χ0n) is 20.7. The summed E-state index contributed by atoms with van der Waals surface area (Å²) in [6.07, 6.45) is 15.6. The van der Waals surface area contributed by atoms with Crippen molar-refractivity contribution >= 4 is 16.6 Å². The molecule has 1 N–H and O–H groups in total. The van der Waals surface area contributed by atoms with Gasteiger partial charge in [0.15, 0.2) is 0 Å². The second-order valence-electron chi connectivity index (χ2n) is 8.28. The number of aliphatic imine (C=N–C) groups is 1. The first-order valence-electron chi connectivity index (χ1n) is 12.3. The van der Waals surface area contributed by atoms with Crippen LogP contribution in [-0.4, -0.2) is 40.8 Å². The van der Waals surface area contributed by atoms with E-state index >= 15 is 0 Å². The number of aromatic nitrogens is 1. The Morgan fingerprint density at radius 3 is 2.62 bits per heavy atom. The molecule has 1 aliphatic heterocycles. The van der Waals surface area contributed by atoms with Crippen LogP contribution in [0, 0.1) is 5.92 Å². The molecule has 5 heteroatoms. The van der Waals surface area contributed by atoms with Crippen LogP contribution in [0.25, 0.3) is 10.9 Å². The number of phenols is 1. The second-order valence-corrected chi connectivity index (χ2v) is 8.28. The molecule has 2 aliphatic rings. The maximum atomic E-state index is 14.6. The molecule has 4 rings (SSSR count). The van der Waals surface area contributed by atoms with Crippen LogP contribution in [0.15, 0.2) is 83.3 Å². The van der Waals surface area contributed by atoms with E-state index in [0.717, 1.165) is 54.6 Å². The van der Waals surface area contributed by atoms with Gasteiger partial charge in [-0.05, 0) is 69.0 Å². The Morgan fingerprint density at radius 2 is 1.91 bits per heavy atom. The van der Waals surface area contributed by atoms with Gasteiger partial charge in [-0.1, -0.05) is 56.4 Å². The van der Waals surface area contributed by atoms with Gasteiger partial charge in [-0.25, -0.2) is 4.39 Å². The fourth-order valence-electron chi connectivity index (χ4n) is 4.79. The van der Waals surface area contributed by atoms with Crippen LogP contribution in [0.5, 0.6) is 5.75 Å². The van der Waals surface area contributed by atoms with E-state index in [0.29, 0.717) is 5.52 Å². The highest BCUT2D eigenvalue weighted by Gasteiger charge is 2.32. The fraction of sp³-hybridized carbons (Fsp3) is 0.379. The number of allylic oxidation sites excluding steroid dienone is 7. The molecule has 1 saturated heterocycles. The van der Waals surface area contributed by atoms with Crippen molar-refractivity contribution in [1.29, 1.82) is 0 Å².